The van der Waals surface area contributed by atoms with Crippen LogP contribution in [-0.2, 0) is 21.0 Å². The lowest BCUT2D eigenvalue weighted by Crippen LogP contribution is -2.46. The average molecular weight is 538 g/mol. The van der Waals surface area contributed by atoms with Crippen LogP contribution in [0.3, 0.4) is 0 Å². The summed E-state index contributed by atoms with van der Waals surface area (Å²) in [4.78, 5) is 7.06. The molecule has 166 valence electrons. The van der Waals surface area contributed by atoms with E-state index in [1.54, 1.807) is 19.2 Å². The van der Waals surface area contributed by atoms with Gasteiger partial charge >= 0.3 is 0 Å². The molecule has 0 aliphatic carbocycles. The van der Waals surface area contributed by atoms with Crippen molar-refractivity contribution in [1.29, 1.82) is 0 Å². The highest BCUT2D eigenvalue weighted by atomic mass is 127. The number of nitrogens with one attached hydrogen (secondary N) is 2. The predicted molar refractivity (Wildman–Crippen MR) is 129 cm³/mol. The van der Waals surface area contributed by atoms with Gasteiger partial charge in [0.05, 0.1) is 17.1 Å². The molecule has 0 spiro atoms. The number of rotatable bonds is 8. The third-order valence-electron chi connectivity index (χ3n) is 4.72. The first-order valence-electron chi connectivity index (χ1n) is 9.89. The second-order valence-corrected chi connectivity index (χ2v) is 9.48. The molecule has 2 unspecified atom stereocenters. The molecule has 0 radical (unpaired) electrons. The highest BCUT2D eigenvalue weighted by Gasteiger charge is 2.21. The van der Waals surface area contributed by atoms with Crippen LogP contribution >= 0.6 is 24.0 Å². The second-order valence-electron chi connectivity index (χ2n) is 7.46. The summed E-state index contributed by atoms with van der Waals surface area (Å²) in [6.45, 7) is 8.89. The average Bonchev–Trinajstić information content (AvgIpc) is 2.62. The molecule has 0 saturated carbocycles. The molecule has 9 heteroatoms. The minimum atomic E-state index is -3.14. The molecule has 2 rings (SSSR count). The van der Waals surface area contributed by atoms with E-state index in [1.807, 2.05) is 12.1 Å². The summed E-state index contributed by atoms with van der Waals surface area (Å²) in [7, 11) is -1.37. The normalized spacial score (nSPS) is 20.8. The number of halogens is 1. The Bertz CT molecular complexity index is 731. The molecular formula is C20H35IN4O3S. The highest BCUT2D eigenvalue weighted by Crippen LogP contribution is 2.11. The van der Waals surface area contributed by atoms with E-state index in [0.29, 0.717) is 17.1 Å². The fraction of sp³-hybridized carbons (Fsp3) is 0.650. The Morgan fingerprint density at radius 1 is 1.14 bits per heavy atom. The fourth-order valence-electron chi connectivity index (χ4n) is 3.43. The zero-order chi connectivity index (χ0) is 20.6. The molecule has 1 aliphatic rings. The highest BCUT2D eigenvalue weighted by molar-refractivity contribution is 14.0. The number of ether oxygens (including phenoxy) is 1. The summed E-state index contributed by atoms with van der Waals surface area (Å²) < 4.78 is 28.8. The lowest BCUT2D eigenvalue weighted by molar-refractivity contribution is -0.0679. The van der Waals surface area contributed by atoms with Crippen molar-refractivity contribution in [2.24, 2.45) is 4.99 Å². The van der Waals surface area contributed by atoms with Gasteiger partial charge in [0.25, 0.3) is 0 Å². The van der Waals surface area contributed by atoms with Crippen molar-refractivity contribution < 1.29 is 13.2 Å². The van der Waals surface area contributed by atoms with Gasteiger partial charge in [-0.2, -0.15) is 0 Å². The van der Waals surface area contributed by atoms with E-state index in [1.165, 1.54) is 6.26 Å². The molecule has 2 atom stereocenters. The molecule has 0 aromatic heterocycles. The summed E-state index contributed by atoms with van der Waals surface area (Å²) in [5.74, 6) is 0.788. The second kappa shape index (κ2) is 12.7. The quantitative estimate of drug-likeness (QED) is 0.228. The van der Waals surface area contributed by atoms with Crippen LogP contribution in [0.5, 0.6) is 0 Å². The number of nitrogens with zero attached hydrogens (tertiary/aromatic N) is 2. The van der Waals surface area contributed by atoms with Gasteiger partial charge in [0.2, 0.25) is 0 Å². The molecule has 1 heterocycles. The predicted octanol–water partition coefficient (Wildman–Crippen LogP) is 1.91. The molecule has 7 nitrogen and oxygen atoms in total. The molecule has 1 fully saturated rings. The van der Waals surface area contributed by atoms with Crippen LogP contribution in [-0.4, -0.2) is 77.5 Å². The number of guanidine groups is 1. The van der Waals surface area contributed by atoms with Gasteiger partial charge in [-0.3, -0.25) is 9.89 Å². The van der Waals surface area contributed by atoms with Crippen molar-refractivity contribution in [3.8, 4) is 0 Å². The maximum atomic E-state index is 11.5. The monoisotopic (exact) mass is 538 g/mol. The van der Waals surface area contributed by atoms with E-state index in [0.717, 1.165) is 57.1 Å². The van der Waals surface area contributed by atoms with E-state index in [9.17, 15) is 8.42 Å². The standard InChI is InChI=1S/C20H34N4O3S.HI/c1-16-14-24(15-17(2)27-16)13-5-11-22-20(21-3)23-12-10-18-6-8-19(9-7-18)28(4,25)26;/h6-9,16-17H,5,10-15H2,1-4H3,(H2,21,22,23);1H. The summed E-state index contributed by atoms with van der Waals surface area (Å²) >= 11 is 0. The Morgan fingerprint density at radius 2 is 1.72 bits per heavy atom. The summed E-state index contributed by atoms with van der Waals surface area (Å²) in [5.41, 5.74) is 1.09. The van der Waals surface area contributed by atoms with Crippen molar-refractivity contribution >= 4 is 39.8 Å². The van der Waals surface area contributed by atoms with Gasteiger partial charge in [-0.15, -0.1) is 24.0 Å². The summed E-state index contributed by atoms with van der Waals surface area (Å²) in [6, 6.07) is 7.04. The van der Waals surface area contributed by atoms with Crippen molar-refractivity contribution in [2.45, 2.75) is 43.8 Å². The molecule has 1 aromatic carbocycles. The van der Waals surface area contributed by atoms with Gasteiger partial charge in [-0.1, -0.05) is 12.1 Å². The molecular weight excluding hydrogens is 503 g/mol. The number of morpholine rings is 1. The first-order chi connectivity index (χ1) is 13.3. The molecule has 0 bridgehead atoms. The first-order valence-corrected chi connectivity index (χ1v) is 11.8. The van der Waals surface area contributed by atoms with Gasteiger partial charge in [0.1, 0.15) is 0 Å². The van der Waals surface area contributed by atoms with Crippen LogP contribution in [0.4, 0.5) is 0 Å². The van der Waals surface area contributed by atoms with Crippen LogP contribution in [0, 0.1) is 0 Å². The van der Waals surface area contributed by atoms with E-state index >= 15 is 0 Å². The Hall–Kier alpha value is -0.910. The first kappa shape index (κ1) is 26.1. The number of hydrogen-bond donors (Lipinski definition) is 2. The van der Waals surface area contributed by atoms with E-state index in [4.69, 9.17) is 4.74 Å². The zero-order valence-corrected chi connectivity index (χ0v) is 21.0. The number of hydrogen-bond acceptors (Lipinski definition) is 5. The Balaban J connectivity index is 0.00000420. The summed E-state index contributed by atoms with van der Waals surface area (Å²) in [6.07, 6.45) is 3.68. The van der Waals surface area contributed by atoms with Crippen molar-refractivity contribution in [3.05, 3.63) is 29.8 Å². The molecule has 1 aromatic rings. The smallest absolute Gasteiger partial charge is 0.190 e. The van der Waals surface area contributed by atoms with Crippen LogP contribution in [0.15, 0.2) is 34.2 Å². The zero-order valence-electron chi connectivity index (χ0n) is 17.8. The summed E-state index contributed by atoms with van der Waals surface area (Å²) in [5, 5.41) is 6.65. The van der Waals surface area contributed by atoms with E-state index in [-0.39, 0.29) is 24.0 Å². The van der Waals surface area contributed by atoms with Gasteiger partial charge < -0.3 is 15.4 Å². The van der Waals surface area contributed by atoms with Crippen molar-refractivity contribution in [1.82, 2.24) is 15.5 Å². The lowest BCUT2D eigenvalue weighted by Gasteiger charge is -2.35. The lowest BCUT2D eigenvalue weighted by atomic mass is 10.1. The van der Waals surface area contributed by atoms with Crippen LogP contribution in [0.2, 0.25) is 0 Å². The SMILES string of the molecule is CN=C(NCCCN1CC(C)OC(C)C1)NCCc1ccc(S(C)(=O)=O)cc1.I. The maximum absolute atomic E-state index is 11.5. The van der Waals surface area contributed by atoms with Crippen LogP contribution in [0.1, 0.15) is 25.8 Å². The van der Waals surface area contributed by atoms with Crippen LogP contribution < -0.4 is 10.6 Å². The van der Waals surface area contributed by atoms with Crippen LogP contribution in [0.25, 0.3) is 0 Å². The molecule has 0 amide bonds. The number of sulfone groups is 1. The fourth-order valence-corrected chi connectivity index (χ4v) is 4.06. The molecule has 2 N–H and O–H groups in total. The van der Waals surface area contributed by atoms with Crippen molar-refractivity contribution in [3.63, 3.8) is 0 Å². The molecule has 1 aliphatic heterocycles. The third kappa shape index (κ3) is 9.63. The minimum absolute atomic E-state index is 0. The Labute approximate surface area is 192 Å². The Kier molecular flexibility index (Phi) is 11.4. The van der Waals surface area contributed by atoms with Gasteiger partial charge in [0, 0.05) is 46.0 Å². The van der Waals surface area contributed by atoms with Gasteiger partial charge in [-0.05, 0) is 44.4 Å². The maximum Gasteiger partial charge on any atom is 0.190 e. The van der Waals surface area contributed by atoms with E-state index in [2.05, 4.69) is 34.4 Å². The largest absolute Gasteiger partial charge is 0.373 e. The number of benzene rings is 1. The van der Waals surface area contributed by atoms with E-state index < -0.39 is 9.84 Å². The molecule has 1 saturated heterocycles. The van der Waals surface area contributed by atoms with Gasteiger partial charge in [0.15, 0.2) is 15.8 Å². The Morgan fingerprint density at radius 3 is 2.28 bits per heavy atom. The minimum Gasteiger partial charge on any atom is -0.373 e. The molecule has 29 heavy (non-hydrogen) atoms. The third-order valence-corrected chi connectivity index (χ3v) is 5.85. The topological polar surface area (TPSA) is 83.0 Å². The van der Waals surface area contributed by atoms with Gasteiger partial charge in [-0.25, -0.2) is 8.42 Å². The number of aliphatic imine (C=N–C) groups is 1. The van der Waals surface area contributed by atoms with Crippen molar-refractivity contribution in [2.75, 3.05) is 46.0 Å².